The topological polar surface area (TPSA) is 29.0 Å². The maximum atomic E-state index is 4.48. The van der Waals surface area contributed by atoms with Crippen molar-refractivity contribution >= 4 is 5.82 Å². The van der Waals surface area contributed by atoms with E-state index in [2.05, 4.69) is 28.7 Å². The predicted octanol–water partition coefficient (Wildman–Crippen LogP) is 2.41. The summed E-state index contributed by atoms with van der Waals surface area (Å²) in [5.41, 5.74) is 0.414. The Morgan fingerprint density at radius 3 is 2.87 bits per heavy atom. The van der Waals surface area contributed by atoms with Gasteiger partial charge in [0.15, 0.2) is 0 Å². The molecular weight excluding hydrogens is 186 g/mol. The highest BCUT2D eigenvalue weighted by molar-refractivity contribution is 5.38. The van der Waals surface area contributed by atoms with E-state index in [0.29, 0.717) is 5.41 Å². The van der Waals surface area contributed by atoms with Gasteiger partial charge in [0, 0.05) is 19.3 Å². The zero-order valence-electron chi connectivity index (χ0n) is 9.82. The number of rotatable bonds is 1. The van der Waals surface area contributed by atoms with Crippen LogP contribution in [0.5, 0.6) is 0 Å². The van der Waals surface area contributed by atoms with E-state index in [4.69, 9.17) is 0 Å². The molecule has 0 radical (unpaired) electrons. The first-order chi connectivity index (χ1) is 7.07. The second-order valence-corrected chi connectivity index (χ2v) is 5.15. The number of aromatic nitrogens is 2. The van der Waals surface area contributed by atoms with Gasteiger partial charge in [-0.1, -0.05) is 13.8 Å². The first kappa shape index (κ1) is 10.4. The molecule has 0 spiro atoms. The molecule has 0 amide bonds. The lowest BCUT2D eigenvalue weighted by Gasteiger charge is -2.38. The molecule has 1 aliphatic rings. The Balaban J connectivity index is 2.17. The molecule has 0 bridgehead atoms. The second-order valence-electron chi connectivity index (χ2n) is 5.15. The number of hydrogen-bond donors (Lipinski definition) is 0. The summed E-state index contributed by atoms with van der Waals surface area (Å²) in [6, 6.07) is 2.01. The molecule has 1 aliphatic heterocycles. The van der Waals surface area contributed by atoms with Gasteiger partial charge in [-0.15, -0.1) is 0 Å². The Bertz CT molecular complexity index is 346. The fourth-order valence-electron chi connectivity index (χ4n) is 2.24. The zero-order valence-corrected chi connectivity index (χ0v) is 9.82. The standard InChI is InChI=1S/C12H19N3/c1-10-13-7-5-11(14-10)15-8-4-6-12(2,3)9-15/h5,7H,4,6,8-9H2,1-3H3. The lowest BCUT2D eigenvalue weighted by atomic mass is 9.84. The molecule has 3 nitrogen and oxygen atoms in total. The van der Waals surface area contributed by atoms with Gasteiger partial charge in [0.2, 0.25) is 0 Å². The van der Waals surface area contributed by atoms with Crippen molar-refractivity contribution in [1.29, 1.82) is 0 Å². The fraction of sp³-hybridized carbons (Fsp3) is 0.667. The molecule has 0 unspecified atom stereocenters. The van der Waals surface area contributed by atoms with Gasteiger partial charge in [-0.3, -0.25) is 0 Å². The highest BCUT2D eigenvalue weighted by Gasteiger charge is 2.26. The predicted molar refractivity (Wildman–Crippen MR) is 62.0 cm³/mol. The summed E-state index contributed by atoms with van der Waals surface area (Å²) in [4.78, 5) is 11.0. The minimum atomic E-state index is 0.414. The Labute approximate surface area is 91.5 Å². The molecule has 1 aromatic rings. The van der Waals surface area contributed by atoms with Crippen molar-refractivity contribution in [2.45, 2.75) is 33.6 Å². The average molecular weight is 205 g/mol. The molecule has 1 fully saturated rings. The number of piperidine rings is 1. The molecular formula is C12H19N3. The first-order valence-corrected chi connectivity index (χ1v) is 5.61. The lowest BCUT2D eigenvalue weighted by molar-refractivity contribution is 0.292. The largest absolute Gasteiger partial charge is 0.356 e. The van der Waals surface area contributed by atoms with Crippen molar-refractivity contribution in [2.24, 2.45) is 5.41 Å². The van der Waals surface area contributed by atoms with E-state index in [0.717, 1.165) is 24.7 Å². The van der Waals surface area contributed by atoms with Crippen molar-refractivity contribution in [2.75, 3.05) is 18.0 Å². The molecule has 0 aromatic carbocycles. The van der Waals surface area contributed by atoms with Crippen LogP contribution in [0.2, 0.25) is 0 Å². The van der Waals surface area contributed by atoms with E-state index < -0.39 is 0 Å². The van der Waals surface area contributed by atoms with Gasteiger partial charge in [0.1, 0.15) is 11.6 Å². The van der Waals surface area contributed by atoms with Gasteiger partial charge < -0.3 is 4.90 Å². The van der Waals surface area contributed by atoms with Gasteiger partial charge >= 0.3 is 0 Å². The van der Waals surface area contributed by atoms with Crippen LogP contribution in [0.3, 0.4) is 0 Å². The molecule has 1 saturated heterocycles. The summed E-state index contributed by atoms with van der Waals surface area (Å²) < 4.78 is 0. The van der Waals surface area contributed by atoms with E-state index >= 15 is 0 Å². The van der Waals surface area contributed by atoms with Crippen molar-refractivity contribution < 1.29 is 0 Å². The first-order valence-electron chi connectivity index (χ1n) is 5.61. The van der Waals surface area contributed by atoms with E-state index in [1.54, 1.807) is 0 Å². The van der Waals surface area contributed by atoms with Crippen molar-refractivity contribution in [3.05, 3.63) is 18.1 Å². The third kappa shape index (κ3) is 2.46. The maximum absolute atomic E-state index is 4.48. The fourth-order valence-corrected chi connectivity index (χ4v) is 2.24. The Morgan fingerprint density at radius 1 is 1.40 bits per heavy atom. The summed E-state index contributed by atoms with van der Waals surface area (Å²) in [5.74, 6) is 1.94. The number of nitrogens with zero attached hydrogens (tertiary/aromatic N) is 3. The lowest BCUT2D eigenvalue weighted by Crippen LogP contribution is -2.40. The van der Waals surface area contributed by atoms with Crippen LogP contribution >= 0.6 is 0 Å². The van der Waals surface area contributed by atoms with Crippen LogP contribution < -0.4 is 4.90 Å². The molecule has 2 heterocycles. The zero-order chi connectivity index (χ0) is 10.9. The van der Waals surface area contributed by atoms with Crippen LogP contribution in [-0.4, -0.2) is 23.1 Å². The minimum Gasteiger partial charge on any atom is -0.356 e. The van der Waals surface area contributed by atoms with Crippen LogP contribution in [0.1, 0.15) is 32.5 Å². The van der Waals surface area contributed by atoms with Crippen LogP contribution in [0.4, 0.5) is 5.82 Å². The van der Waals surface area contributed by atoms with Gasteiger partial charge in [-0.25, -0.2) is 9.97 Å². The maximum Gasteiger partial charge on any atom is 0.132 e. The number of aryl methyl sites for hydroxylation is 1. The Kier molecular flexibility index (Phi) is 2.63. The van der Waals surface area contributed by atoms with Crippen LogP contribution in [0, 0.1) is 12.3 Å². The summed E-state index contributed by atoms with van der Waals surface area (Å²) in [6.07, 6.45) is 4.42. The van der Waals surface area contributed by atoms with Crippen LogP contribution in [0.25, 0.3) is 0 Å². The van der Waals surface area contributed by atoms with Crippen LogP contribution in [0.15, 0.2) is 12.3 Å². The molecule has 0 aliphatic carbocycles. The Hall–Kier alpha value is -1.12. The molecule has 3 heteroatoms. The van der Waals surface area contributed by atoms with Gasteiger partial charge in [0.05, 0.1) is 0 Å². The van der Waals surface area contributed by atoms with Crippen LogP contribution in [-0.2, 0) is 0 Å². The quantitative estimate of drug-likeness (QED) is 0.705. The van der Waals surface area contributed by atoms with E-state index in [1.807, 2.05) is 19.2 Å². The molecule has 0 N–H and O–H groups in total. The average Bonchev–Trinajstić information content (AvgIpc) is 2.16. The van der Waals surface area contributed by atoms with Gasteiger partial charge in [0.25, 0.3) is 0 Å². The van der Waals surface area contributed by atoms with E-state index in [9.17, 15) is 0 Å². The molecule has 82 valence electrons. The highest BCUT2D eigenvalue weighted by atomic mass is 15.2. The summed E-state index contributed by atoms with van der Waals surface area (Å²) >= 11 is 0. The third-order valence-electron chi connectivity index (χ3n) is 2.99. The number of anilines is 1. The smallest absolute Gasteiger partial charge is 0.132 e. The van der Waals surface area contributed by atoms with E-state index in [-0.39, 0.29) is 0 Å². The Morgan fingerprint density at radius 2 is 2.20 bits per heavy atom. The molecule has 2 rings (SSSR count). The molecule has 0 saturated carbocycles. The summed E-state index contributed by atoms with van der Waals surface area (Å²) in [5, 5.41) is 0. The molecule has 1 aromatic heterocycles. The monoisotopic (exact) mass is 205 g/mol. The van der Waals surface area contributed by atoms with Gasteiger partial charge in [-0.2, -0.15) is 0 Å². The third-order valence-corrected chi connectivity index (χ3v) is 2.99. The molecule has 15 heavy (non-hydrogen) atoms. The molecule has 0 atom stereocenters. The van der Waals surface area contributed by atoms with Crippen molar-refractivity contribution in [1.82, 2.24) is 9.97 Å². The normalized spacial score (nSPS) is 20.3. The van der Waals surface area contributed by atoms with Crippen molar-refractivity contribution in [3.63, 3.8) is 0 Å². The van der Waals surface area contributed by atoms with E-state index in [1.165, 1.54) is 12.8 Å². The SMILES string of the molecule is Cc1nccc(N2CCCC(C)(C)C2)n1. The second kappa shape index (κ2) is 3.80. The minimum absolute atomic E-state index is 0.414. The number of hydrogen-bond acceptors (Lipinski definition) is 3. The van der Waals surface area contributed by atoms with Crippen molar-refractivity contribution in [3.8, 4) is 0 Å². The summed E-state index contributed by atoms with van der Waals surface area (Å²) in [6.45, 7) is 8.82. The van der Waals surface area contributed by atoms with Gasteiger partial charge in [-0.05, 0) is 31.2 Å². The summed E-state index contributed by atoms with van der Waals surface area (Å²) in [7, 11) is 0. The highest BCUT2D eigenvalue weighted by Crippen LogP contribution is 2.30.